The summed E-state index contributed by atoms with van der Waals surface area (Å²) in [5, 5.41) is 3.47. The molecule has 1 amide bonds. The van der Waals surface area contributed by atoms with Crippen molar-refractivity contribution in [1.29, 1.82) is 0 Å². The van der Waals surface area contributed by atoms with Gasteiger partial charge in [0.05, 0.1) is 35.5 Å². The highest BCUT2D eigenvalue weighted by Gasteiger charge is 2.39. The highest BCUT2D eigenvalue weighted by molar-refractivity contribution is 6.33. The fraction of sp³-hybridized carbons (Fsp3) is 0.696. The molecule has 1 heterocycles. The smallest absolute Gasteiger partial charge is 0.255 e. The highest BCUT2D eigenvalue weighted by atomic mass is 35.5. The van der Waals surface area contributed by atoms with Crippen molar-refractivity contribution in [2.45, 2.75) is 50.7 Å². The van der Waals surface area contributed by atoms with E-state index < -0.39 is 0 Å². The van der Waals surface area contributed by atoms with Gasteiger partial charge in [0.2, 0.25) is 0 Å². The van der Waals surface area contributed by atoms with Gasteiger partial charge in [0, 0.05) is 26.3 Å². The van der Waals surface area contributed by atoms with Crippen LogP contribution in [0.25, 0.3) is 0 Å². The van der Waals surface area contributed by atoms with Crippen LogP contribution in [0.1, 0.15) is 48.9 Å². The van der Waals surface area contributed by atoms with Gasteiger partial charge in [0.1, 0.15) is 5.75 Å². The number of hydrogen-bond acceptors (Lipinski definition) is 5. The van der Waals surface area contributed by atoms with Gasteiger partial charge in [-0.05, 0) is 62.5 Å². The van der Waals surface area contributed by atoms with Crippen LogP contribution in [-0.2, 0) is 4.74 Å². The van der Waals surface area contributed by atoms with Crippen LogP contribution in [0.15, 0.2) is 12.1 Å². The molecule has 2 saturated carbocycles. The fourth-order valence-electron chi connectivity index (χ4n) is 5.83. The Balaban J connectivity index is 1.32. The Labute approximate surface area is 184 Å². The second kappa shape index (κ2) is 9.33. The molecule has 2 aliphatic carbocycles. The Morgan fingerprint density at radius 1 is 1.27 bits per heavy atom. The Hall–Kier alpha value is -1.50. The van der Waals surface area contributed by atoms with Crippen molar-refractivity contribution in [3.63, 3.8) is 0 Å². The molecule has 3 unspecified atom stereocenters. The van der Waals surface area contributed by atoms with Crippen molar-refractivity contribution in [1.82, 2.24) is 10.2 Å². The molecule has 0 radical (unpaired) electrons. The van der Waals surface area contributed by atoms with E-state index in [2.05, 4.69) is 10.2 Å². The number of nitrogens with zero attached hydrogens (tertiary/aromatic N) is 1. The van der Waals surface area contributed by atoms with Crippen LogP contribution >= 0.6 is 11.6 Å². The zero-order valence-electron chi connectivity index (χ0n) is 18.0. The number of hydrogen-bond donors (Lipinski definition) is 2. The Morgan fingerprint density at radius 3 is 2.77 bits per heavy atom. The first-order valence-corrected chi connectivity index (χ1v) is 11.5. The number of piperidine rings is 1. The van der Waals surface area contributed by atoms with Crippen LogP contribution in [0, 0.1) is 17.8 Å². The number of carbonyl (C=O) groups is 1. The largest absolute Gasteiger partial charge is 0.496 e. The molecule has 5 atom stereocenters. The third-order valence-corrected chi connectivity index (χ3v) is 7.85. The van der Waals surface area contributed by atoms with Crippen molar-refractivity contribution >= 4 is 23.2 Å². The number of anilines is 1. The lowest BCUT2D eigenvalue weighted by molar-refractivity contribution is 0.00429. The topological polar surface area (TPSA) is 76.8 Å². The van der Waals surface area contributed by atoms with Gasteiger partial charge < -0.3 is 25.4 Å². The molecule has 2 bridgehead atoms. The van der Waals surface area contributed by atoms with Gasteiger partial charge >= 0.3 is 0 Å². The molecular weight excluding hydrogens is 402 g/mol. The average Bonchev–Trinajstić information content (AvgIpc) is 3.37. The van der Waals surface area contributed by atoms with Gasteiger partial charge in [-0.25, -0.2) is 0 Å². The van der Waals surface area contributed by atoms with E-state index in [9.17, 15) is 4.79 Å². The van der Waals surface area contributed by atoms with Gasteiger partial charge in [-0.2, -0.15) is 0 Å². The quantitative estimate of drug-likeness (QED) is 0.640. The second-order valence-corrected chi connectivity index (χ2v) is 9.65. The zero-order valence-corrected chi connectivity index (χ0v) is 18.8. The monoisotopic (exact) mass is 435 g/mol. The van der Waals surface area contributed by atoms with E-state index in [0.717, 1.165) is 43.8 Å². The summed E-state index contributed by atoms with van der Waals surface area (Å²) in [6.07, 6.45) is 7.96. The number of halogens is 1. The molecule has 1 saturated heterocycles. The van der Waals surface area contributed by atoms with Crippen molar-refractivity contribution in [2.75, 3.05) is 39.6 Å². The summed E-state index contributed by atoms with van der Waals surface area (Å²) in [4.78, 5) is 15.4. The first-order valence-electron chi connectivity index (χ1n) is 11.2. The summed E-state index contributed by atoms with van der Waals surface area (Å²) in [6.45, 7) is 2.96. The lowest BCUT2D eigenvalue weighted by Crippen LogP contribution is -2.55. The fourth-order valence-corrected chi connectivity index (χ4v) is 5.99. The molecule has 4 rings (SSSR count). The third-order valence-electron chi connectivity index (χ3n) is 7.53. The number of amides is 1. The van der Waals surface area contributed by atoms with Crippen molar-refractivity contribution in [3.8, 4) is 5.75 Å². The number of methoxy groups -OCH3 is 2. The number of fused-ring (bicyclic) bond motifs is 2. The van der Waals surface area contributed by atoms with Gasteiger partial charge in [0.25, 0.3) is 5.91 Å². The van der Waals surface area contributed by atoms with Gasteiger partial charge in [-0.3, -0.25) is 4.79 Å². The summed E-state index contributed by atoms with van der Waals surface area (Å²) < 4.78 is 11.1. The molecule has 3 fully saturated rings. The Bertz CT molecular complexity index is 774. The molecular formula is C23H34ClN3O3. The molecule has 166 valence electrons. The van der Waals surface area contributed by atoms with Gasteiger partial charge in [0.15, 0.2) is 0 Å². The number of ether oxygens (including phenoxy) is 2. The molecule has 30 heavy (non-hydrogen) atoms. The van der Waals surface area contributed by atoms with E-state index in [-0.39, 0.29) is 18.1 Å². The molecule has 1 aromatic carbocycles. The van der Waals surface area contributed by atoms with E-state index in [4.69, 9.17) is 26.8 Å². The number of benzene rings is 1. The molecule has 0 spiro atoms. The maximum atomic E-state index is 12.9. The van der Waals surface area contributed by atoms with E-state index in [0.29, 0.717) is 22.0 Å². The van der Waals surface area contributed by atoms with Crippen LogP contribution in [0.5, 0.6) is 5.75 Å². The van der Waals surface area contributed by atoms with Crippen molar-refractivity contribution < 1.29 is 14.3 Å². The molecule has 6 nitrogen and oxygen atoms in total. The zero-order chi connectivity index (χ0) is 21.3. The molecule has 1 aromatic rings. The van der Waals surface area contributed by atoms with E-state index >= 15 is 0 Å². The van der Waals surface area contributed by atoms with E-state index in [1.165, 1.54) is 39.2 Å². The minimum atomic E-state index is -0.212. The maximum absolute atomic E-state index is 12.9. The standard InChI is InChI=1S/C23H34ClN3O3/c1-29-21-12-19(25)18(24)11-17(21)23(28)26-20-6-8-27(13-22(20)30-2)7-5-16-10-14-3-4-15(16)9-14/h11-12,14-16,20,22H,3-10,13,25H2,1-2H3,(H,26,28)/t14-,15+,16?,20?,22?/m1/s1. The maximum Gasteiger partial charge on any atom is 0.255 e. The minimum absolute atomic E-state index is 0.0297. The van der Waals surface area contributed by atoms with Crippen LogP contribution in [0.3, 0.4) is 0 Å². The third kappa shape index (κ3) is 4.56. The number of nitrogens with one attached hydrogen (secondary N) is 1. The van der Waals surface area contributed by atoms with Crippen LogP contribution in [0.2, 0.25) is 5.02 Å². The first kappa shape index (κ1) is 21.7. The van der Waals surface area contributed by atoms with E-state index in [1.807, 2.05) is 0 Å². The molecule has 3 N–H and O–H groups in total. The van der Waals surface area contributed by atoms with Crippen molar-refractivity contribution in [2.24, 2.45) is 17.8 Å². The number of rotatable bonds is 7. The lowest BCUT2D eigenvalue weighted by Gasteiger charge is -2.38. The van der Waals surface area contributed by atoms with Crippen LogP contribution < -0.4 is 15.8 Å². The SMILES string of the molecule is COc1cc(N)c(Cl)cc1C(=O)NC1CCN(CCC2C[C@@H]3CC[C@H]2C3)CC1OC. The lowest BCUT2D eigenvalue weighted by atomic mass is 9.86. The molecule has 3 aliphatic rings. The van der Waals surface area contributed by atoms with Crippen LogP contribution in [-0.4, -0.2) is 56.8 Å². The van der Waals surface area contributed by atoms with Crippen LogP contribution in [0.4, 0.5) is 5.69 Å². The number of likely N-dealkylation sites (tertiary alicyclic amines) is 1. The molecule has 1 aliphatic heterocycles. The summed E-state index contributed by atoms with van der Waals surface area (Å²) >= 11 is 6.12. The highest BCUT2D eigenvalue weighted by Crippen LogP contribution is 2.49. The minimum Gasteiger partial charge on any atom is -0.496 e. The predicted molar refractivity (Wildman–Crippen MR) is 119 cm³/mol. The first-order chi connectivity index (χ1) is 14.5. The summed E-state index contributed by atoms with van der Waals surface area (Å²) in [7, 11) is 3.25. The second-order valence-electron chi connectivity index (χ2n) is 9.24. The molecule has 7 heteroatoms. The van der Waals surface area contributed by atoms with Gasteiger partial charge in [-0.15, -0.1) is 0 Å². The van der Waals surface area contributed by atoms with E-state index in [1.54, 1.807) is 19.2 Å². The Morgan fingerprint density at radius 2 is 2.10 bits per heavy atom. The number of nitrogen functional groups attached to an aromatic ring is 1. The average molecular weight is 436 g/mol. The molecule has 0 aromatic heterocycles. The van der Waals surface area contributed by atoms with Crippen molar-refractivity contribution in [3.05, 3.63) is 22.7 Å². The van der Waals surface area contributed by atoms with Gasteiger partial charge in [-0.1, -0.05) is 18.0 Å². The Kier molecular flexibility index (Phi) is 6.75. The summed E-state index contributed by atoms with van der Waals surface area (Å²) in [5.41, 5.74) is 6.62. The number of carbonyl (C=O) groups excluding carboxylic acids is 1. The normalized spacial score (nSPS) is 31.1. The summed E-state index contributed by atoms with van der Waals surface area (Å²) in [6, 6.07) is 3.11. The number of nitrogens with two attached hydrogens (primary N) is 1. The summed E-state index contributed by atoms with van der Waals surface area (Å²) in [5.74, 6) is 3.12. The predicted octanol–water partition coefficient (Wildman–Crippen LogP) is 3.58.